The summed E-state index contributed by atoms with van der Waals surface area (Å²) < 4.78 is 35.2. The number of quaternary nitrogens is 1. The van der Waals surface area contributed by atoms with Crippen LogP contribution in [0.5, 0.6) is 0 Å². The number of hydrogen-bond acceptors (Lipinski definition) is 3. The van der Waals surface area contributed by atoms with E-state index >= 15 is 0 Å². The number of nitrogens with zero attached hydrogens (tertiary/aromatic N) is 1. The molecule has 0 radical (unpaired) electrons. The van der Waals surface area contributed by atoms with Gasteiger partial charge in [-0.3, -0.25) is 0 Å². The van der Waals surface area contributed by atoms with Crippen LogP contribution < -0.4 is 0 Å². The van der Waals surface area contributed by atoms with Gasteiger partial charge in [0.05, 0.1) is 19.5 Å². The molecule has 3 fully saturated rings. The van der Waals surface area contributed by atoms with Crippen molar-refractivity contribution >= 4 is 5.97 Å². The van der Waals surface area contributed by atoms with Gasteiger partial charge >= 0.3 is 5.97 Å². The predicted molar refractivity (Wildman–Crippen MR) is 125 cm³/mol. The molecule has 0 spiro atoms. The predicted octanol–water partition coefficient (Wildman–Crippen LogP) is 5.22. The Balaban J connectivity index is 1.41. The molecule has 7 atom stereocenters. The highest BCUT2D eigenvalue weighted by Crippen LogP contribution is 2.51. The lowest BCUT2D eigenvalue weighted by Crippen LogP contribution is -2.53. The first-order chi connectivity index (χ1) is 16.1. The van der Waals surface area contributed by atoms with Crippen LogP contribution in [0.3, 0.4) is 0 Å². The van der Waals surface area contributed by atoms with Crippen molar-refractivity contribution in [1.29, 1.82) is 0 Å². The summed E-state index contributed by atoms with van der Waals surface area (Å²) in [4.78, 5) is 13.7. The molecule has 2 aliphatic carbocycles. The van der Waals surface area contributed by atoms with Crippen molar-refractivity contribution in [3.05, 3.63) is 71.8 Å². The minimum Gasteiger partial charge on any atom is -0.453 e. The second kappa shape index (κ2) is 8.42. The number of aliphatic hydroxyl groups is 1. The summed E-state index contributed by atoms with van der Waals surface area (Å²) in [6, 6.07) is 19.2. The molecule has 2 aromatic rings. The molecular weight excluding hydrogens is 436 g/mol. The fraction of sp³-hybridized carbons (Fsp3) is 0.536. The Hall–Kier alpha value is -2.31. The Morgan fingerprint density at radius 1 is 1.09 bits per heavy atom. The monoisotopic (exact) mass is 470 g/mol. The summed E-state index contributed by atoms with van der Waals surface area (Å²) in [5.41, 5.74) is -0.489. The summed E-state index contributed by atoms with van der Waals surface area (Å²) in [5, 5.41) is 11.7. The quantitative estimate of drug-likeness (QED) is 0.465. The average Bonchev–Trinajstić information content (AvgIpc) is 3.49. The van der Waals surface area contributed by atoms with Gasteiger partial charge in [0, 0.05) is 30.7 Å². The lowest BCUT2D eigenvalue weighted by molar-refractivity contribution is -0.954. The van der Waals surface area contributed by atoms with Crippen LogP contribution in [0.4, 0.5) is 8.78 Å². The zero-order chi connectivity index (χ0) is 24.1. The Bertz CT molecular complexity index is 1030. The Kier molecular flexibility index (Phi) is 5.80. The van der Waals surface area contributed by atoms with Crippen LogP contribution in [0, 0.1) is 11.8 Å². The van der Waals surface area contributed by atoms with Gasteiger partial charge in [0.2, 0.25) is 5.92 Å². The highest BCUT2D eigenvalue weighted by molar-refractivity contribution is 5.82. The Morgan fingerprint density at radius 3 is 2.35 bits per heavy atom. The lowest BCUT2D eigenvalue weighted by Gasteiger charge is -2.43. The molecule has 2 saturated carbocycles. The second-order valence-corrected chi connectivity index (χ2v) is 10.8. The summed E-state index contributed by atoms with van der Waals surface area (Å²) >= 11 is 0. The maximum atomic E-state index is 14.1. The molecule has 1 aliphatic heterocycles. The van der Waals surface area contributed by atoms with Gasteiger partial charge in [-0.2, -0.15) is 0 Å². The molecule has 1 N–H and O–H groups in total. The van der Waals surface area contributed by atoms with E-state index in [-0.39, 0.29) is 36.9 Å². The third kappa shape index (κ3) is 3.75. The second-order valence-electron chi connectivity index (χ2n) is 10.8. The van der Waals surface area contributed by atoms with Crippen molar-refractivity contribution in [3.8, 4) is 0 Å². The van der Waals surface area contributed by atoms with Crippen molar-refractivity contribution in [2.24, 2.45) is 11.8 Å². The molecule has 5 rings (SSSR count). The van der Waals surface area contributed by atoms with Crippen LogP contribution in [0.25, 0.3) is 0 Å². The van der Waals surface area contributed by atoms with Crippen LogP contribution in [-0.4, -0.2) is 47.2 Å². The smallest absolute Gasteiger partial charge is 0.343 e. The number of ether oxygens (including phenoxy) is 1. The number of piperidine rings is 1. The fourth-order valence-electron chi connectivity index (χ4n) is 6.92. The summed E-state index contributed by atoms with van der Waals surface area (Å²) in [5.74, 6) is -4.32. The van der Waals surface area contributed by atoms with E-state index in [1.54, 1.807) is 30.3 Å². The molecule has 1 saturated heterocycles. The summed E-state index contributed by atoms with van der Waals surface area (Å²) in [6.07, 6.45) is 0.859. The standard InChI is InChI=1S/C28H34F2NO3/c1-19(20-9-5-3-6-10-20)31(2)18-21-13-14-24(31)25(21)34-26(32)28(33,22-11-7-4-8-12-22)23-15-16-27(29,30)17-23/h3-12,19,21,23-25,33H,13-18H2,1-2H3/q+1/t19-,21?,23?,24+,25?,28?,31?/m1/s1. The van der Waals surface area contributed by atoms with Gasteiger partial charge in [-0.05, 0) is 25.3 Å². The molecule has 2 aromatic carbocycles. The third-order valence-corrected chi connectivity index (χ3v) is 8.99. The van der Waals surface area contributed by atoms with Crippen molar-refractivity contribution < 1.29 is 27.9 Å². The van der Waals surface area contributed by atoms with E-state index in [2.05, 4.69) is 26.1 Å². The van der Waals surface area contributed by atoms with Gasteiger partial charge in [-0.15, -0.1) is 0 Å². The van der Waals surface area contributed by atoms with Crippen LogP contribution in [0.15, 0.2) is 60.7 Å². The number of likely N-dealkylation sites (tertiary alicyclic amines) is 1. The molecule has 5 unspecified atom stereocenters. The lowest BCUT2D eigenvalue weighted by atomic mass is 9.80. The van der Waals surface area contributed by atoms with Gasteiger partial charge in [0.25, 0.3) is 0 Å². The molecule has 0 amide bonds. The minimum atomic E-state index is -2.87. The Morgan fingerprint density at radius 2 is 1.74 bits per heavy atom. The molecule has 3 aliphatic rings. The number of halogens is 2. The number of benzene rings is 2. The van der Waals surface area contributed by atoms with E-state index in [9.17, 15) is 18.7 Å². The number of carbonyl (C=O) groups excluding carboxylic acids is 1. The van der Waals surface area contributed by atoms with Gasteiger partial charge in [0.1, 0.15) is 12.1 Å². The number of esters is 1. The SMILES string of the molecule is C[C@H](c1ccccc1)[N+]1(C)CC2CC[C@H]1C2OC(=O)C(O)(c1ccccc1)C1CCC(F)(F)C1. The van der Waals surface area contributed by atoms with E-state index in [1.807, 2.05) is 18.2 Å². The number of rotatable bonds is 6. The van der Waals surface area contributed by atoms with Gasteiger partial charge in [-0.25, -0.2) is 13.6 Å². The minimum absolute atomic E-state index is 0.0871. The van der Waals surface area contributed by atoms with E-state index in [0.717, 1.165) is 23.9 Å². The first kappa shape index (κ1) is 23.4. The Labute approximate surface area is 200 Å². The number of carbonyl (C=O) groups is 1. The number of likely N-dealkylation sites (N-methyl/N-ethyl adjacent to an activating group) is 1. The number of alkyl halides is 2. The first-order valence-corrected chi connectivity index (χ1v) is 12.4. The van der Waals surface area contributed by atoms with Crippen LogP contribution >= 0.6 is 0 Å². The van der Waals surface area contributed by atoms with Gasteiger partial charge < -0.3 is 14.3 Å². The highest BCUT2D eigenvalue weighted by Gasteiger charge is 2.62. The topological polar surface area (TPSA) is 46.5 Å². The number of fused-ring (bicyclic) bond motifs is 2. The van der Waals surface area contributed by atoms with Gasteiger partial charge in [-0.1, -0.05) is 60.7 Å². The third-order valence-electron chi connectivity index (χ3n) is 8.99. The van der Waals surface area contributed by atoms with E-state index in [1.165, 1.54) is 5.56 Å². The molecule has 2 bridgehead atoms. The van der Waals surface area contributed by atoms with Crippen molar-refractivity contribution in [2.45, 2.75) is 68.7 Å². The average molecular weight is 471 g/mol. The summed E-state index contributed by atoms with van der Waals surface area (Å²) in [7, 11) is 2.23. The molecule has 1 heterocycles. The normalized spacial score (nSPS) is 34.5. The van der Waals surface area contributed by atoms with Crippen LogP contribution in [0.1, 0.15) is 56.2 Å². The summed E-state index contributed by atoms with van der Waals surface area (Å²) in [6.45, 7) is 3.11. The molecule has 0 aromatic heterocycles. The molecule has 34 heavy (non-hydrogen) atoms. The molecule has 4 nitrogen and oxygen atoms in total. The van der Waals surface area contributed by atoms with E-state index in [4.69, 9.17) is 4.74 Å². The highest BCUT2D eigenvalue weighted by atomic mass is 19.3. The maximum Gasteiger partial charge on any atom is 0.343 e. The zero-order valence-corrected chi connectivity index (χ0v) is 19.9. The largest absolute Gasteiger partial charge is 0.453 e. The molecular formula is C28H34F2NO3+. The fourth-order valence-corrected chi connectivity index (χ4v) is 6.92. The van der Waals surface area contributed by atoms with Crippen molar-refractivity contribution in [1.82, 2.24) is 0 Å². The first-order valence-electron chi connectivity index (χ1n) is 12.4. The van der Waals surface area contributed by atoms with Crippen molar-refractivity contribution in [2.75, 3.05) is 13.6 Å². The zero-order valence-electron chi connectivity index (χ0n) is 19.9. The molecule has 6 heteroatoms. The van der Waals surface area contributed by atoms with Crippen molar-refractivity contribution in [3.63, 3.8) is 0 Å². The van der Waals surface area contributed by atoms with Gasteiger partial charge in [0.15, 0.2) is 11.7 Å². The maximum absolute atomic E-state index is 14.1. The van der Waals surface area contributed by atoms with Crippen LogP contribution in [0.2, 0.25) is 0 Å². The van der Waals surface area contributed by atoms with E-state index < -0.39 is 29.8 Å². The molecule has 182 valence electrons. The van der Waals surface area contributed by atoms with E-state index in [0.29, 0.717) is 5.56 Å². The van der Waals surface area contributed by atoms with Crippen LogP contribution in [-0.2, 0) is 15.1 Å². The number of hydrogen-bond donors (Lipinski definition) is 1.